The average Bonchev–Trinajstić information content (AvgIpc) is 2.38. The molecule has 2 aromatic rings. The van der Waals surface area contributed by atoms with Crippen molar-refractivity contribution in [1.82, 2.24) is 4.98 Å². The molecule has 4 heteroatoms. The van der Waals surface area contributed by atoms with E-state index in [9.17, 15) is 0 Å². The summed E-state index contributed by atoms with van der Waals surface area (Å²) in [4.78, 5) is 4.13. The van der Waals surface area contributed by atoms with Crippen LogP contribution in [0.15, 0.2) is 58.2 Å². The molecular weight excluding hydrogens is 278 g/mol. The summed E-state index contributed by atoms with van der Waals surface area (Å²) in [7, 11) is 0. The van der Waals surface area contributed by atoms with E-state index < -0.39 is 0 Å². The maximum atomic E-state index is 4.28. The van der Waals surface area contributed by atoms with Crippen molar-refractivity contribution in [3.63, 3.8) is 0 Å². The molecule has 1 heterocycles. The Morgan fingerprint density at radius 3 is 2.59 bits per heavy atom. The molecule has 0 aliphatic carbocycles. The normalized spacial score (nSPS) is 11.3. The molecule has 86 valence electrons. The molecule has 1 aromatic carbocycles. The highest BCUT2D eigenvalue weighted by Crippen LogP contribution is 2.11. The Balaban J connectivity index is 2.10. The molecule has 1 aromatic heterocycles. The van der Waals surface area contributed by atoms with Crippen molar-refractivity contribution in [1.29, 1.82) is 0 Å². The van der Waals surface area contributed by atoms with E-state index in [2.05, 4.69) is 31.4 Å². The van der Waals surface area contributed by atoms with Gasteiger partial charge in [-0.1, -0.05) is 34.1 Å². The van der Waals surface area contributed by atoms with E-state index in [1.807, 2.05) is 49.4 Å². The third-order valence-corrected chi connectivity index (χ3v) is 2.79. The lowest BCUT2D eigenvalue weighted by Crippen LogP contribution is -2.00. The molecule has 0 unspecified atom stereocenters. The second-order valence-corrected chi connectivity index (χ2v) is 4.45. The first-order valence-corrected chi connectivity index (χ1v) is 6.02. The zero-order valence-corrected chi connectivity index (χ0v) is 11.0. The van der Waals surface area contributed by atoms with Crippen molar-refractivity contribution in [2.75, 3.05) is 5.43 Å². The average molecular weight is 290 g/mol. The molecule has 0 amide bonds. The molecule has 0 aliphatic rings. The van der Waals surface area contributed by atoms with Gasteiger partial charge in [0.05, 0.1) is 5.71 Å². The predicted octanol–water partition coefficient (Wildman–Crippen LogP) is 3.68. The first-order valence-electron chi connectivity index (χ1n) is 5.23. The van der Waals surface area contributed by atoms with E-state index in [0.717, 1.165) is 21.6 Å². The highest BCUT2D eigenvalue weighted by atomic mass is 79.9. The third-order valence-electron chi connectivity index (χ3n) is 2.27. The molecule has 0 bridgehead atoms. The van der Waals surface area contributed by atoms with Crippen LogP contribution in [0, 0.1) is 0 Å². The highest BCUT2D eigenvalue weighted by Gasteiger charge is 1.97. The molecule has 17 heavy (non-hydrogen) atoms. The summed E-state index contributed by atoms with van der Waals surface area (Å²) in [6, 6.07) is 13.7. The Labute approximate surface area is 109 Å². The Morgan fingerprint density at radius 1 is 1.18 bits per heavy atom. The number of rotatable bonds is 3. The highest BCUT2D eigenvalue weighted by molar-refractivity contribution is 9.10. The lowest BCUT2D eigenvalue weighted by atomic mass is 10.1. The van der Waals surface area contributed by atoms with Gasteiger partial charge in [-0.05, 0) is 36.8 Å². The van der Waals surface area contributed by atoms with Crippen LogP contribution >= 0.6 is 15.9 Å². The van der Waals surface area contributed by atoms with Crippen LogP contribution in [0.4, 0.5) is 5.82 Å². The number of nitrogens with zero attached hydrogens (tertiary/aromatic N) is 2. The van der Waals surface area contributed by atoms with E-state index in [-0.39, 0.29) is 0 Å². The number of nitrogens with one attached hydrogen (secondary N) is 1. The summed E-state index contributed by atoms with van der Waals surface area (Å²) in [6.45, 7) is 1.96. The van der Waals surface area contributed by atoms with E-state index >= 15 is 0 Å². The summed E-state index contributed by atoms with van der Waals surface area (Å²) < 4.78 is 1.06. The molecule has 0 atom stereocenters. The topological polar surface area (TPSA) is 37.3 Å². The first kappa shape index (κ1) is 11.8. The first-order chi connectivity index (χ1) is 8.25. The number of hydrazone groups is 1. The van der Waals surface area contributed by atoms with Crippen molar-refractivity contribution in [2.45, 2.75) is 6.92 Å². The number of hydrogen-bond donors (Lipinski definition) is 1. The van der Waals surface area contributed by atoms with Gasteiger partial charge < -0.3 is 0 Å². The molecule has 0 spiro atoms. The molecule has 0 saturated heterocycles. The standard InChI is InChI=1S/C13H12BrN3/c1-10(11-5-7-12(14)8-6-11)16-17-13-4-2-3-9-15-13/h2-9H,1H3,(H,15,17). The van der Waals surface area contributed by atoms with Gasteiger partial charge in [-0.25, -0.2) is 4.98 Å². The van der Waals surface area contributed by atoms with Gasteiger partial charge in [-0.2, -0.15) is 5.10 Å². The molecule has 0 saturated carbocycles. The van der Waals surface area contributed by atoms with Crippen molar-refractivity contribution in [3.05, 3.63) is 58.7 Å². The Bertz CT molecular complexity index is 506. The van der Waals surface area contributed by atoms with E-state index in [4.69, 9.17) is 0 Å². The third kappa shape index (κ3) is 3.39. The van der Waals surface area contributed by atoms with Crippen molar-refractivity contribution in [3.8, 4) is 0 Å². The monoisotopic (exact) mass is 289 g/mol. The molecule has 3 nitrogen and oxygen atoms in total. The largest absolute Gasteiger partial charge is 0.261 e. The van der Waals surface area contributed by atoms with E-state index in [1.54, 1.807) is 6.20 Å². The van der Waals surface area contributed by atoms with Crippen molar-refractivity contribution < 1.29 is 0 Å². The molecule has 1 N–H and O–H groups in total. The molecular formula is C13H12BrN3. The SMILES string of the molecule is CC(=NNc1ccccn1)c1ccc(Br)cc1. The number of benzene rings is 1. The zero-order chi connectivity index (χ0) is 12.1. The van der Waals surface area contributed by atoms with Gasteiger partial charge in [0, 0.05) is 10.7 Å². The number of anilines is 1. The molecule has 0 aliphatic heterocycles. The Morgan fingerprint density at radius 2 is 1.94 bits per heavy atom. The minimum Gasteiger partial charge on any atom is -0.261 e. The number of aromatic nitrogens is 1. The smallest absolute Gasteiger partial charge is 0.146 e. The van der Waals surface area contributed by atoms with Gasteiger partial charge in [0.2, 0.25) is 0 Å². The predicted molar refractivity (Wildman–Crippen MR) is 74.2 cm³/mol. The minimum absolute atomic E-state index is 0.740. The van der Waals surface area contributed by atoms with Crippen LogP contribution in [-0.4, -0.2) is 10.7 Å². The Hall–Kier alpha value is -1.68. The summed E-state index contributed by atoms with van der Waals surface area (Å²) >= 11 is 3.40. The van der Waals surface area contributed by atoms with Crippen LogP contribution in [0.1, 0.15) is 12.5 Å². The van der Waals surface area contributed by atoms with Crippen LogP contribution in [-0.2, 0) is 0 Å². The second-order valence-electron chi connectivity index (χ2n) is 3.53. The molecule has 0 fully saturated rings. The lowest BCUT2D eigenvalue weighted by Gasteiger charge is -2.02. The number of halogens is 1. The van der Waals surface area contributed by atoms with Gasteiger partial charge >= 0.3 is 0 Å². The fourth-order valence-corrected chi connectivity index (χ4v) is 1.59. The summed E-state index contributed by atoms with van der Waals surface area (Å²) in [6.07, 6.45) is 1.73. The number of hydrogen-bond acceptors (Lipinski definition) is 3. The second kappa shape index (κ2) is 5.59. The van der Waals surface area contributed by atoms with Gasteiger partial charge in [0.15, 0.2) is 0 Å². The van der Waals surface area contributed by atoms with Crippen LogP contribution in [0.2, 0.25) is 0 Å². The van der Waals surface area contributed by atoms with Crippen LogP contribution in [0.5, 0.6) is 0 Å². The van der Waals surface area contributed by atoms with E-state index in [0.29, 0.717) is 0 Å². The maximum absolute atomic E-state index is 4.28. The van der Waals surface area contributed by atoms with Gasteiger partial charge in [-0.3, -0.25) is 5.43 Å². The summed E-state index contributed by atoms with van der Waals surface area (Å²) in [5, 5.41) is 4.28. The minimum atomic E-state index is 0.740. The van der Waals surface area contributed by atoms with Gasteiger partial charge in [0.25, 0.3) is 0 Å². The molecule has 0 radical (unpaired) electrons. The fourth-order valence-electron chi connectivity index (χ4n) is 1.33. The summed E-state index contributed by atoms with van der Waals surface area (Å²) in [5.74, 6) is 0.740. The van der Waals surface area contributed by atoms with Gasteiger partial charge in [-0.15, -0.1) is 0 Å². The van der Waals surface area contributed by atoms with Crippen molar-refractivity contribution in [2.24, 2.45) is 5.10 Å². The summed E-state index contributed by atoms with van der Waals surface area (Å²) in [5.41, 5.74) is 4.92. The van der Waals surface area contributed by atoms with E-state index in [1.165, 1.54) is 0 Å². The van der Waals surface area contributed by atoms with Crippen molar-refractivity contribution >= 4 is 27.5 Å². The molecule has 2 rings (SSSR count). The Kier molecular flexibility index (Phi) is 3.88. The van der Waals surface area contributed by atoms with Crippen LogP contribution in [0.3, 0.4) is 0 Å². The maximum Gasteiger partial charge on any atom is 0.146 e. The fraction of sp³-hybridized carbons (Fsp3) is 0.0769. The van der Waals surface area contributed by atoms with Crippen LogP contribution < -0.4 is 5.43 Å². The van der Waals surface area contributed by atoms with Crippen LogP contribution in [0.25, 0.3) is 0 Å². The zero-order valence-electron chi connectivity index (χ0n) is 9.39. The number of pyridine rings is 1. The van der Waals surface area contributed by atoms with Gasteiger partial charge in [0.1, 0.15) is 5.82 Å². The quantitative estimate of drug-likeness (QED) is 0.691. The lowest BCUT2D eigenvalue weighted by molar-refractivity contribution is 1.22.